The van der Waals surface area contributed by atoms with Gasteiger partial charge in [0.25, 0.3) is 0 Å². The Kier molecular flexibility index (Phi) is 4.37. The fourth-order valence-electron chi connectivity index (χ4n) is 2.73. The number of benzene rings is 1. The van der Waals surface area contributed by atoms with Crippen molar-refractivity contribution < 1.29 is 4.79 Å². The van der Waals surface area contributed by atoms with E-state index < -0.39 is 0 Å². The summed E-state index contributed by atoms with van der Waals surface area (Å²) < 4.78 is 0. The SMILES string of the molecule is CCN1CCC(N(C)c2ccccc2C=O)CC1. The zero-order valence-corrected chi connectivity index (χ0v) is 11.3. The zero-order chi connectivity index (χ0) is 13.0. The van der Waals surface area contributed by atoms with E-state index in [9.17, 15) is 4.79 Å². The van der Waals surface area contributed by atoms with Gasteiger partial charge in [0.05, 0.1) is 0 Å². The quantitative estimate of drug-likeness (QED) is 0.762. The summed E-state index contributed by atoms with van der Waals surface area (Å²) in [5.74, 6) is 0. The van der Waals surface area contributed by atoms with Gasteiger partial charge in [-0.25, -0.2) is 0 Å². The molecule has 0 spiro atoms. The highest BCUT2D eigenvalue weighted by Gasteiger charge is 2.22. The topological polar surface area (TPSA) is 23.6 Å². The molecule has 0 saturated carbocycles. The van der Waals surface area contributed by atoms with Gasteiger partial charge in [-0.3, -0.25) is 4.79 Å². The van der Waals surface area contributed by atoms with E-state index in [4.69, 9.17) is 0 Å². The van der Waals surface area contributed by atoms with E-state index in [0.717, 1.165) is 37.2 Å². The van der Waals surface area contributed by atoms with E-state index in [1.807, 2.05) is 24.3 Å². The van der Waals surface area contributed by atoms with Crippen LogP contribution in [-0.2, 0) is 0 Å². The molecule has 18 heavy (non-hydrogen) atoms. The van der Waals surface area contributed by atoms with E-state index in [2.05, 4.69) is 23.8 Å². The molecule has 2 rings (SSSR count). The molecule has 1 aromatic carbocycles. The zero-order valence-electron chi connectivity index (χ0n) is 11.3. The number of carbonyl (C=O) groups is 1. The van der Waals surface area contributed by atoms with E-state index in [1.165, 1.54) is 12.8 Å². The van der Waals surface area contributed by atoms with E-state index in [1.54, 1.807) is 0 Å². The summed E-state index contributed by atoms with van der Waals surface area (Å²) in [6.45, 7) is 5.68. The standard InChI is InChI=1S/C15H22N2O/c1-3-17-10-8-14(9-11-17)16(2)15-7-5-4-6-13(15)12-18/h4-7,12,14H,3,8-11H2,1-2H3. The number of nitrogens with zero attached hydrogens (tertiary/aromatic N) is 2. The molecule has 0 N–H and O–H groups in total. The van der Waals surface area contributed by atoms with Crippen LogP contribution in [0.4, 0.5) is 5.69 Å². The number of piperidine rings is 1. The van der Waals surface area contributed by atoms with Gasteiger partial charge in [0.15, 0.2) is 6.29 Å². The van der Waals surface area contributed by atoms with Gasteiger partial charge < -0.3 is 9.80 Å². The van der Waals surface area contributed by atoms with Crippen LogP contribution in [0.5, 0.6) is 0 Å². The Morgan fingerprint density at radius 1 is 1.33 bits per heavy atom. The Bertz CT molecular complexity index is 397. The minimum atomic E-state index is 0.550. The third kappa shape index (κ3) is 2.72. The predicted octanol–water partition coefficient (Wildman–Crippen LogP) is 2.42. The maximum Gasteiger partial charge on any atom is 0.152 e. The van der Waals surface area contributed by atoms with Crippen LogP contribution >= 0.6 is 0 Å². The largest absolute Gasteiger partial charge is 0.371 e. The first-order valence-electron chi connectivity index (χ1n) is 6.75. The molecule has 0 radical (unpaired) electrons. The molecule has 0 aliphatic carbocycles. The highest BCUT2D eigenvalue weighted by atomic mass is 16.1. The van der Waals surface area contributed by atoms with E-state index >= 15 is 0 Å². The summed E-state index contributed by atoms with van der Waals surface area (Å²) >= 11 is 0. The normalized spacial score (nSPS) is 17.7. The van der Waals surface area contributed by atoms with E-state index in [0.29, 0.717) is 6.04 Å². The lowest BCUT2D eigenvalue weighted by Gasteiger charge is -2.37. The molecule has 0 bridgehead atoms. The molecular weight excluding hydrogens is 224 g/mol. The van der Waals surface area contributed by atoms with Gasteiger partial charge in [-0.2, -0.15) is 0 Å². The second-order valence-electron chi connectivity index (χ2n) is 4.95. The van der Waals surface area contributed by atoms with Crippen molar-refractivity contribution >= 4 is 12.0 Å². The first-order chi connectivity index (χ1) is 8.76. The Balaban J connectivity index is 2.07. The summed E-state index contributed by atoms with van der Waals surface area (Å²) in [6, 6.07) is 8.39. The molecular formula is C15H22N2O. The fraction of sp³-hybridized carbons (Fsp3) is 0.533. The number of hydrogen-bond donors (Lipinski definition) is 0. The molecule has 1 saturated heterocycles. The maximum absolute atomic E-state index is 11.1. The summed E-state index contributed by atoms with van der Waals surface area (Å²) in [5.41, 5.74) is 1.85. The van der Waals surface area contributed by atoms with Gasteiger partial charge >= 0.3 is 0 Å². The van der Waals surface area contributed by atoms with Crippen molar-refractivity contribution in [2.75, 3.05) is 31.6 Å². The van der Waals surface area contributed by atoms with Crippen molar-refractivity contribution in [1.29, 1.82) is 0 Å². The average molecular weight is 246 g/mol. The molecule has 1 fully saturated rings. The second kappa shape index (κ2) is 6.01. The molecule has 0 atom stereocenters. The fourth-order valence-corrected chi connectivity index (χ4v) is 2.73. The van der Waals surface area contributed by atoms with Crippen LogP contribution in [0.25, 0.3) is 0 Å². The number of aldehydes is 1. The molecule has 1 aromatic rings. The third-order valence-electron chi connectivity index (χ3n) is 4.00. The van der Waals surface area contributed by atoms with Crippen LogP contribution in [0, 0.1) is 0 Å². The first kappa shape index (κ1) is 13.1. The van der Waals surface area contributed by atoms with Crippen molar-refractivity contribution in [3.05, 3.63) is 29.8 Å². The minimum Gasteiger partial charge on any atom is -0.371 e. The van der Waals surface area contributed by atoms with Crippen molar-refractivity contribution in [3.8, 4) is 0 Å². The number of carbonyl (C=O) groups excluding carboxylic acids is 1. The molecule has 0 unspecified atom stereocenters. The van der Waals surface area contributed by atoms with Crippen molar-refractivity contribution in [3.63, 3.8) is 0 Å². The molecule has 98 valence electrons. The van der Waals surface area contributed by atoms with Crippen LogP contribution in [0.1, 0.15) is 30.1 Å². The van der Waals surface area contributed by atoms with Gasteiger partial charge in [0, 0.05) is 37.4 Å². The molecule has 1 aliphatic rings. The number of likely N-dealkylation sites (tertiary alicyclic amines) is 1. The first-order valence-corrected chi connectivity index (χ1v) is 6.75. The summed E-state index contributed by atoms with van der Waals surface area (Å²) in [5, 5.41) is 0. The molecule has 0 aromatic heterocycles. The average Bonchev–Trinajstić information content (AvgIpc) is 2.46. The Hall–Kier alpha value is -1.35. The van der Waals surface area contributed by atoms with Crippen LogP contribution in [0.3, 0.4) is 0 Å². The molecule has 0 amide bonds. The van der Waals surface area contributed by atoms with Crippen LogP contribution in [0.15, 0.2) is 24.3 Å². The molecule has 1 aliphatic heterocycles. The van der Waals surface area contributed by atoms with Crippen LogP contribution in [-0.4, -0.2) is 43.9 Å². The summed E-state index contributed by atoms with van der Waals surface area (Å²) in [4.78, 5) is 15.8. The van der Waals surface area contributed by atoms with Gasteiger partial charge in [0.1, 0.15) is 0 Å². The lowest BCUT2D eigenvalue weighted by Crippen LogP contribution is -2.43. The smallest absolute Gasteiger partial charge is 0.152 e. The van der Waals surface area contributed by atoms with Crippen molar-refractivity contribution in [1.82, 2.24) is 4.90 Å². The highest BCUT2D eigenvalue weighted by molar-refractivity contribution is 5.84. The summed E-state index contributed by atoms with van der Waals surface area (Å²) in [7, 11) is 2.11. The lowest BCUT2D eigenvalue weighted by atomic mass is 10.0. The highest BCUT2D eigenvalue weighted by Crippen LogP contribution is 2.24. The van der Waals surface area contributed by atoms with Crippen LogP contribution < -0.4 is 4.90 Å². The maximum atomic E-state index is 11.1. The minimum absolute atomic E-state index is 0.550. The Morgan fingerprint density at radius 3 is 2.61 bits per heavy atom. The Morgan fingerprint density at radius 2 is 2.00 bits per heavy atom. The second-order valence-corrected chi connectivity index (χ2v) is 4.95. The third-order valence-corrected chi connectivity index (χ3v) is 4.00. The van der Waals surface area contributed by atoms with E-state index in [-0.39, 0.29) is 0 Å². The predicted molar refractivity (Wildman–Crippen MR) is 75.4 cm³/mol. The number of rotatable bonds is 4. The van der Waals surface area contributed by atoms with Crippen LogP contribution in [0.2, 0.25) is 0 Å². The van der Waals surface area contributed by atoms with Crippen molar-refractivity contribution in [2.24, 2.45) is 0 Å². The van der Waals surface area contributed by atoms with Gasteiger partial charge in [-0.15, -0.1) is 0 Å². The summed E-state index contributed by atoms with van der Waals surface area (Å²) in [6.07, 6.45) is 3.31. The Labute approximate surface area is 109 Å². The van der Waals surface area contributed by atoms with Gasteiger partial charge in [-0.1, -0.05) is 19.1 Å². The lowest BCUT2D eigenvalue weighted by molar-refractivity contribution is 0.112. The number of anilines is 1. The number of para-hydroxylation sites is 1. The van der Waals surface area contributed by atoms with Crippen molar-refractivity contribution in [2.45, 2.75) is 25.8 Å². The number of hydrogen-bond acceptors (Lipinski definition) is 3. The molecule has 3 heteroatoms. The monoisotopic (exact) mass is 246 g/mol. The molecule has 3 nitrogen and oxygen atoms in total. The molecule has 1 heterocycles. The van der Waals surface area contributed by atoms with Gasteiger partial charge in [0.2, 0.25) is 0 Å². The van der Waals surface area contributed by atoms with Gasteiger partial charge in [-0.05, 0) is 31.5 Å².